The van der Waals surface area contributed by atoms with E-state index < -0.39 is 5.41 Å². The Kier molecular flexibility index (Phi) is 4.71. The van der Waals surface area contributed by atoms with E-state index >= 15 is 0 Å². The van der Waals surface area contributed by atoms with Gasteiger partial charge in [-0.05, 0) is 66.7 Å². The third kappa shape index (κ3) is 2.66. The van der Waals surface area contributed by atoms with Crippen LogP contribution in [0.2, 0.25) is 0 Å². The predicted octanol–water partition coefficient (Wildman–Crippen LogP) is 5.98. The predicted molar refractivity (Wildman–Crippen MR) is 92.8 cm³/mol. The summed E-state index contributed by atoms with van der Waals surface area (Å²) in [6, 6.07) is 0. The standard InChI is InChI=1S/C21H23F/c1-6-8-11-16-15(3)17-12-10-14-19(22)20(17)21(4,5)18(16)13-9-7-2/h2,6,8-9,13-14H,3,10-12H2,1,4-5H3/b8-6-,13-9-. The molecule has 0 aromatic rings. The van der Waals surface area contributed by atoms with Gasteiger partial charge in [-0.25, -0.2) is 4.39 Å². The van der Waals surface area contributed by atoms with Crippen molar-refractivity contribution in [1.82, 2.24) is 0 Å². The van der Waals surface area contributed by atoms with E-state index in [1.54, 1.807) is 12.2 Å². The highest BCUT2D eigenvalue weighted by Gasteiger charge is 2.39. The van der Waals surface area contributed by atoms with Gasteiger partial charge in [0.15, 0.2) is 0 Å². The summed E-state index contributed by atoms with van der Waals surface area (Å²) < 4.78 is 14.5. The molecular weight excluding hydrogens is 271 g/mol. The van der Waals surface area contributed by atoms with Crippen LogP contribution in [0.5, 0.6) is 0 Å². The molecule has 0 aromatic carbocycles. The number of halogens is 1. The summed E-state index contributed by atoms with van der Waals surface area (Å²) in [7, 11) is 0. The van der Waals surface area contributed by atoms with Crippen LogP contribution in [0.15, 0.2) is 70.7 Å². The van der Waals surface area contributed by atoms with Crippen molar-refractivity contribution in [3.8, 4) is 12.3 Å². The molecule has 1 heteroatoms. The second-order valence-corrected chi connectivity index (χ2v) is 6.21. The summed E-state index contributed by atoms with van der Waals surface area (Å²) in [5.41, 5.74) is 4.65. The molecule has 0 aliphatic heterocycles. The van der Waals surface area contributed by atoms with Gasteiger partial charge in [-0.2, -0.15) is 0 Å². The van der Waals surface area contributed by atoms with Crippen LogP contribution in [0.3, 0.4) is 0 Å². The lowest BCUT2D eigenvalue weighted by Crippen LogP contribution is -2.27. The Balaban J connectivity index is 2.67. The number of hydrogen-bond donors (Lipinski definition) is 0. The van der Waals surface area contributed by atoms with Crippen LogP contribution in [0, 0.1) is 17.8 Å². The molecule has 0 spiro atoms. The van der Waals surface area contributed by atoms with E-state index in [-0.39, 0.29) is 5.83 Å². The lowest BCUT2D eigenvalue weighted by atomic mass is 9.64. The van der Waals surface area contributed by atoms with Crippen LogP contribution >= 0.6 is 0 Å². The van der Waals surface area contributed by atoms with Gasteiger partial charge in [0, 0.05) is 11.0 Å². The average Bonchev–Trinajstić information content (AvgIpc) is 2.48. The van der Waals surface area contributed by atoms with Gasteiger partial charge in [-0.1, -0.05) is 38.5 Å². The van der Waals surface area contributed by atoms with E-state index in [0.29, 0.717) is 0 Å². The van der Waals surface area contributed by atoms with Crippen molar-refractivity contribution >= 4 is 0 Å². The Morgan fingerprint density at radius 3 is 2.82 bits per heavy atom. The SMILES string of the molecule is C#C/C=C\C1=C(C/C=C\C)C(=C)C2=C(C(F)=CCC2)C1(C)C. The third-order valence-corrected chi connectivity index (χ3v) is 4.51. The summed E-state index contributed by atoms with van der Waals surface area (Å²) >= 11 is 0. The fraction of sp³-hybridized carbons (Fsp3) is 0.333. The Bertz CT molecular complexity index is 682. The number of terminal acetylenes is 1. The first-order valence-corrected chi connectivity index (χ1v) is 7.71. The van der Waals surface area contributed by atoms with Crippen LogP contribution in [0.1, 0.15) is 40.0 Å². The van der Waals surface area contributed by atoms with Crippen molar-refractivity contribution in [3.63, 3.8) is 0 Å². The molecule has 22 heavy (non-hydrogen) atoms. The molecule has 0 radical (unpaired) electrons. The molecule has 114 valence electrons. The Hall–Kier alpha value is -2.07. The molecule has 2 aliphatic rings. The third-order valence-electron chi connectivity index (χ3n) is 4.51. The molecule has 0 heterocycles. The normalized spacial score (nSPS) is 21.4. The van der Waals surface area contributed by atoms with Gasteiger partial charge in [-0.3, -0.25) is 0 Å². The summed E-state index contributed by atoms with van der Waals surface area (Å²) in [5, 5.41) is 0. The monoisotopic (exact) mass is 294 g/mol. The van der Waals surface area contributed by atoms with Crippen LogP contribution in [-0.4, -0.2) is 0 Å². The number of allylic oxidation sites excluding steroid dienone is 11. The van der Waals surface area contributed by atoms with E-state index in [2.05, 4.69) is 32.4 Å². The minimum Gasteiger partial charge on any atom is -0.207 e. The zero-order valence-electron chi connectivity index (χ0n) is 13.7. The second kappa shape index (κ2) is 6.36. The molecule has 0 saturated heterocycles. The summed E-state index contributed by atoms with van der Waals surface area (Å²) in [5.74, 6) is 2.43. The summed E-state index contributed by atoms with van der Waals surface area (Å²) in [4.78, 5) is 0. The molecule has 0 saturated carbocycles. The van der Waals surface area contributed by atoms with E-state index in [4.69, 9.17) is 6.42 Å². The molecule has 0 atom stereocenters. The highest BCUT2D eigenvalue weighted by Crippen LogP contribution is 2.52. The van der Waals surface area contributed by atoms with E-state index in [0.717, 1.165) is 41.6 Å². The van der Waals surface area contributed by atoms with Crippen LogP contribution < -0.4 is 0 Å². The van der Waals surface area contributed by atoms with Gasteiger partial charge in [0.25, 0.3) is 0 Å². The van der Waals surface area contributed by atoms with E-state index in [9.17, 15) is 4.39 Å². The summed E-state index contributed by atoms with van der Waals surface area (Å²) in [6.45, 7) is 10.4. The van der Waals surface area contributed by atoms with Crippen molar-refractivity contribution in [1.29, 1.82) is 0 Å². The zero-order chi connectivity index (χ0) is 16.3. The van der Waals surface area contributed by atoms with E-state index in [1.165, 1.54) is 5.57 Å². The van der Waals surface area contributed by atoms with Crippen molar-refractivity contribution < 1.29 is 4.39 Å². The molecule has 0 nitrogen and oxygen atoms in total. The van der Waals surface area contributed by atoms with E-state index in [1.807, 2.05) is 19.1 Å². The first kappa shape index (κ1) is 16.3. The average molecular weight is 294 g/mol. The van der Waals surface area contributed by atoms with Crippen molar-refractivity contribution in [3.05, 3.63) is 70.7 Å². The number of hydrogen-bond acceptors (Lipinski definition) is 0. The lowest BCUT2D eigenvalue weighted by Gasteiger charge is -2.40. The zero-order valence-corrected chi connectivity index (χ0v) is 13.7. The molecule has 0 bridgehead atoms. The molecule has 0 amide bonds. The maximum absolute atomic E-state index is 14.5. The maximum Gasteiger partial charge on any atom is 0.123 e. The molecule has 2 aliphatic carbocycles. The highest BCUT2D eigenvalue weighted by atomic mass is 19.1. The Morgan fingerprint density at radius 1 is 1.45 bits per heavy atom. The minimum atomic E-state index is -0.401. The van der Waals surface area contributed by atoms with Crippen molar-refractivity contribution in [2.75, 3.05) is 0 Å². The van der Waals surface area contributed by atoms with Crippen LogP contribution in [0.25, 0.3) is 0 Å². The largest absolute Gasteiger partial charge is 0.207 e. The van der Waals surface area contributed by atoms with Crippen LogP contribution in [0.4, 0.5) is 4.39 Å². The molecule has 0 fully saturated rings. The Labute approximate surface area is 133 Å². The maximum atomic E-state index is 14.5. The van der Waals surface area contributed by atoms with Crippen LogP contribution in [-0.2, 0) is 0 Å². The molecule has 0 unspecified atom stereocenters. The quantitative estimate of drug-likeness (QED) is 0.444. The highest BCUT2D eigenvalue weighted by molar-refractivity contribution is 5.65. The summed E-state index contributed by atoms with van der Waals surface area (Å²) in [6.07, 6.45) is 17.2. The topological polar surface area (TPSA) is 0 Å². The van der Waals surface area contributed by atoms with Gasteiger partial charge in [0.1, 0.15) is 5.83 Å². The fourth-order valence-electron chi connectivity index (χ4n) is 3.46. The lowest BCUT2D eigenvalue weighted by molar-refractivity contribution is 0.483. The van der Waals surface area contributed by atoms with Gasteiger partial charge in [0.2, 0.25) is 0 Å². The first-order chi connectivity index (χ1) is 10.4. The molecular formula is C21H23F. The Morgan fingerprint density at radius 2 is 2.18 bits per heavy atom. The molecule has 0 aromatic heterocycles. The fourth-order valence-corrected chi connectivity index (χ4v) is 3.46. The first-order valence-electron chi connectivity index (χ1n) is 7.71. The minimum absolute atomic E-state index is 0.107. The second-order valence-electron chi connectivity index (χ2n) is 6.21. The molecule has 0 N–H and O–H groups in total. The van der Waals surface area contributed by atoms with Gasteiger partial charge in [-0.15, -0.1) is 6.42 Å². The van der Waals surface area contributed by atoms with Gasteiger partial charge in [0.05, 0.1) is 0 Å². The number of rotatable bonds is 3. The molecule has 2 rings (SSSR count). The smallest absolute Gasteiger partial charge is 0.123 e. The van der Waals surface area contributed by atoms with Crippen molar-refractivity contribution in [2.45, 2.75) is 40.0 Å². The van der Waals surface area contributed by atoms with Gasteiger partial charge < -0.3 is 0 Å². The van der Waals surface area contributed by atoms with Gasteiger partial charge >= 0.3 is 0 Å². The van der Waals surface area contributed by atoms with Crippen molar-refractivity contribution in [2.24, 2.45) is 5.41 Å².